The first-order valence-electron chi connectivity index (χ1n) is 6.22. The molecule has 0 atom stereocenters. The van der Waals surface area contributed by atoms with Crippen LogP contribution in [0.1, 0.15) is 37.6 Å². The highest BCUT2D eigenvalue weighted by atomic mass is 15.2. The van der Waals surface area contributed by atoms with Crippen molar-refractivity contribution in [2.75, 3.05) is 5.73 Å². The molecule has 1 heterocycles. The fourth-order valence-electron chi connectivity index (χ4n) is 2.09. The highest BCUT2D eigenvalue weighted by Crippen LogP contribution is 2.35. The lowest BCUT2D eigenvalue weighted by Crippen LogP contribution is -2.13. The Hall–Kier alpha value is -1.77. The van der Waals surface area contributed by atoms with Crippen molar-refractivity contribution in [2.45, 2.75) is 40.0 Å². The SMILES string of the molecule is Cc1ccc(-c2c(N)n[nH]c2C(C)(C)C)cc1C. The standard InChI is InChI=1S/C15H21N3/c1-9-6-7-11(8-10(9)2)12-13(15(3,4)5)17-18-14(12)16/h6-8H,1-5H3,(H3,16,17,18). The van der Waals surface area contributed by atoms with Gasteiger partial charge >= 0.3 is 0 Å². The van der Waals surface area contributed by atoms with Crippen LogP contribution in [0.4, 0.5) is 5.82 Å². The summed E-state index contributed by atoms with van der Waals surface area (Å²) in [6.45, 7) is 10.7. The quantitative estimate of drug-likeness (QED) is 0.804. The molecular formula is C15H21N3. The minimum Gasteiger partial charge on any atom is -0.382 e. The number of rotatable bonds is 1. The topological polar surface area (TPSA) is 54.7 Å². The predicted molar refractivity (Wildman–Crippen MR) is 76.6 cm³/mol. The summed E-state index contributed by atoms with van der Waals surface area (Å²) >= 11 is 0. The van der Waals surface area contributed by atoms with Crippen LogP contribution in [0, 0.1) is 13.8 Å². The zero-order valence-electron chi connectivity index (χ0n) is 11.8. The van der Waals surface area contributed by atoms with Crippen molar-refractivity contribution >= 4 is 5.82 Å². The van der Waals surface area contributed by atoms with Gasteiger partial charge in [-0.3, -0.25) is 5.10 Å². The second kappa shape index (κ2) is 4.16. The normalized spacial score (nSPS) is 11.8. The largest absolute Gasteiger partial charge is 0.382 e. The average molecular weight is 243 g/mol. The summed E-state index contributed by atoms with van der Waals surface area (Å²) in [6, 6.07) is 6.41. The van der Waals surface area contributed by atoms with E-state index in [1.54, 1.807) is 0 Å². The molecule has 0 bridgehead atoms. The number of H-pyrrole nitrogens is 1. The number of nitrogens with two attached hydrogens (primary N) is 1. The maximum Gasteiger partial charge on any atom is 0.153 e. The second-order valence-electron chi connectivity index (χ2n) is 5.91. The van der Waals surface area contributed by atoms with Crippen molar-refractivity contribution in [2.24, 2.45) is 0 Å². The van der Waals surface area contributed by atoms with E-state index in [4.69, 9.17) is 5.73 Å². The van der Waals surface area contributed by atoms with Gasteiger partial charge in [0.15, 0.2) is 5.82 Å². The Labute approximate surface area is 108 Å². The molecule has 0 saturated carbocycles. The molecule has 0 aliphatic rings. The fourth-order valence-corrected chi connectivity index (χ4v) is 2.09. The molecule has 18 heavy (non-hydrogen) atoms. The average Bonchev–Trinajstić information content (AvgIpc) is 2.64. The fraction of sp³-hybridized carbons (Fsp3) is 0.400. The highest BCUT2D eigenvalue weighted by molar-refractivity contribution is 5.77. The predicted octanol–water partition coefficient (Wildman–Crippen LogP) is 3.57. The van der Waals surface area contributed by atoms with Gasteiger partial charge in [0.2, 0.25) is 0 Å². The van der Waals surface area contributed by atoms with Crippen molar-refractivity contribution in [1.82, 2.24) is 10.2 Å². The summed E-state index contributed by atoms with van der Waals surface area (Å²) in [4.78, 5) is 0. The number of nitrogens with zero attached hydrogens (tertiary/aromatic N) is 1. The van der Waals surface area contributed by atoms with Crippen molar-refractivity contribution in [3.63, 3.8) is 0 Å². The van der Waals surface area contributed by atoms with Gasteiger partial charge in [0.25, 0.3) is 0 Å². The number of aromatic amines is 1. The lowest BCUT2D eigenvalue weighted by atomic mass is 9.86. The summed E-state index contributed by atoms with van der Waals surface area (Å²) in [5.41, 5.74) is 11.8. The van der Waals surface area contributed by atoms with Gasteiger partial charge in [0, 0.05) is 11.0 Å². The lowest BCUT2D eigenvalue weighted by molar-refractivity contribution is 0.568. The van der Waals surface area contributed by atoms with E-state index in [-0.39, 0.29) is 5.41 Å². The van der Waals surface area contributed by atoms with Crippen LogP contribution in [-0.4, -0.2) is 10.2 Å². The number of anilines is 1. The molecule has 0 aliphatic carbocycles. The lowest BCUT2D eigenvalue weighted by Gasteiger charge is -2.19. The molecule has 1 aromatic carbocycles. The van der Waals surface area contributed by atoms with Gasteiger partial charge in [-0.1, -0.05) is 39.0 Å². The molecule has 1 aromatic heterocycles. The molecule has 2 aromatic rings. The van der Waals surface area contributed by atoms with E-state index in [1.165, 1.54) is 11.1 Å². The third-order valence-electron chi connectivity index (χ3n) is 3.34. The minimum absolute atomic E-state index is 0.00125. The monoisotopic (exact) mass is 243 g/mol. The number of aryl methyl sites for hydroxylation is 2. The number of nitrogen functional groups attached to an aromatic ring is 1. The van der Waals surface area contributed by atoms with Gasteiger partial charge in [0.05, 0.1) is 5.69 Å². The molecule has 0 aliphatic heterocycles. The van der Waals surface area contributed by atoms with Crippen molar-refractivity contribution in [3.05, 3.63) is 35.0 Å². The summed E-state index contributed by atoms with van der Waals surface area (Å²) in [6.07, 6.45) is 0. The summed E-state index contributed by atoms with van der Waals surface area (Å²) in [5, 5.41) is 7.24. The minimum atomic E-state index is -0.00125. The first-order chi connectivity index (χ1) is 8.30. The summed E-state index contributed by atoms with van der Waals surface area (Å²) < 4.78 is 0. The van der Waals surface area contributed by atoms with Gasteiger partial charge in [-0.15, -0.1) is 0 Å². The van der Waals surface area contributed by atoms with Gasteiger partial charge in [-0.25, -0.2) is 0 Å². The Morgan fingerprint density at radius 2 is 1.78 bits per heavy atom. The maximum atomic E-state index is 6.02. The van der Waals surface area contributed by atoms with Crippen molar-refractivity contribution < 1.29 is 0 Å². The van der Waals surface area contributed by atoms with Crippen LogP contribution in [0.15, 0.2) is 18.2 Å². The molecule has 0 spiro atoms. The number of benzene rings is 1. The van der Waals surface area contributed by atoms with E-state index >= 15 is 0 Å². The molecule has 0 radical (unpaired) electrons. The van der Waals surface area contributed by atoms with Gasteiger partial charge in [-0.05, 0) is 30.5 Å². The van der Waals surface area contributed by atoms with Crippen LogP contribution in [0.5, 0.6) is 0 Å². The zero-order valence-corrected chi connectivity index (χ0v) is 11.8. The van der Waals surface area contributed by atoms with Crippen molar-refractivity contribution in [1.29, 1.82) is 0 Å². The van der Waals surface area contributed by atoms with Gasteiger partial charge < -0.3 is 5.73 Å². The Kier molecular flexibility index (Phi) is 2.93. The molecule has 0 amide bonds. The summed E-state index contributed by atoms with van der Waals surface area (Å²) in [7, 11) is 0. The Morgan fingerprint density at radius 3 is 2.33 bits per heavy atom. The second-order valence-corrected chi connectivity index (χ2v) is 5.91. The van der Waals surface area contributed by atoms with E-state index in [1.807, 2.05) is 0 Å². The van der Waals surface area contributed by atoms with Gasteiger partial charge in [0.1, 0.15) is 0 Å². The summed E-state index contributed by atoms with van der Waals surface area (Å²) in [5.74, 6) is 0.572. The maximum absolute atomic E-state index is 6.02. The first kappa shape index (κ1) is 12.7. The van der Waals surface area contributed by atoms with Crippen LogP contribution in [0.2, 0.25) is 0 Å². The van der Waals surface area contributed by atoms with Crippen LogP contribution in [0.25, 0.3) is 11.1 Å². The molecule has 0 unspecified atom stereocenters. The molecule has 0 saturated heterocycles. The van der Waals surface area contributed by atoms with Crippen LogP contribution < -0.4 is 5.73 Å². The van der Waals surface area contributed by atoms with E-state index < -0.39 is 0 Å². The van der Waals surface area contributed by atoms with Crippen LogP contribution in [0.3, 0.4) is 0 Å². The van der Waals surface area contributed by atoms with E-state index in [0.29, 0.717) is 5.82 Å². The molecule has 3 N–H and O–H groups in total. The highest BCUT2D eigenvalue weighted by Gasteiger charge is 2.23. The first-order valence-corrected chi connectivity index (χ1v) is 6.22. The number of hydrogen-bond donors (Lipinski definition) is 2. The smallest absolute Gasteiger partial charge is 0.153 e. The number of hydrogen-bond acceptors (Lipinski definition) is 2. The Bertz CT molecular complexity index is 574. The number of nitrogens with one attached hydrogen (secondary N) is 1. The third kappa shape index (κ3) is 2.13. The molecule has 96 valence electrons. The van der Waals surface area contributed by atoms with E-state index in [0.717, 1.165) is 16.8 Å². The molecule has 3 nitrogen and oxygen atoms in total. The van der Waals surface area contributed by atoms with Crippen LogP contribution >= 0.6 is 0 Å². The Morgan fingerprint density at radius 1 is 1.11 bits per heavy atom. The third-order valence-corrected chi connectivity index (χ3v) is 3.34. The Balaban J connectivity index is 2.63. The van der Waals surface area contributed by atoms with E-state index in [2.05, 4.69) is 63.0 Å². The molecule has 0 fully saturated rings. The van der Waals surface area contributed by atoms with Gasteiger partial charge in [-0.2, -0.15) is 5.10 Å². The van der Waals surface area contributed by atoms with Crippen LogP contribution in [-0.2, 0) is 5.41 Å². The van der Waals surface area contributed by atoms with E-state index in [9.17, 15) is 0 Å². The molecule has 3 heteroatoms. The zero-order chi connectivity index (χ0) is 13.5. The number of aromatic nitrogens is 2. The van der Waals surface area contributed by atoms with Crippen molar-refractivity contribution in [3.8, 4) is 11.1 Å². The molecular weight excluding hydrogens is 222 g/mol. The molecule has 2 rings (SSSR count).